The zero-order valence-electron chi connectivity index (χ0n) is 12.0. The van der Waals surface area contributed by atoms with Crippen LogP contribution in [0, 0.1) is 17.3 Å². The molecule has 0 amide bonds. The second-order valence-corrected chi connectivity index (χ2v) is 7.97. The van der Waals surface area contributed by atoms with E-state index in [2.05, 4.69) is 19.2 Å². The topological polar surface area (TPSA) is 32.3 Å². The SMILES string of the molecule is CC1(C)CCC(O)(CNC(C2CC2)C2CC2)CC1. The van der Waals surface area contributed by atoms with Crippen LogP contribution in [0.5, 0.6) is 0 Å². The molecule has 2 N–H and O–H groups in total. The number of aliphatic hydroxyl groups is 1. The summed E-state index contributed by atoms with van der Waals surface area (Å²) < 4.78 is 0. The molecule has 104 valence electrons. The predicted octanol–water partition coefficient (Wildman–Crippen LogP) is 3.10. The minimum atomic E-state index is -0.419. The Morgan fingerprint density at radius 3 is 1.94 bits per heavy atom. The molecule has 3 saturated carbocycles. The van der Waals surface area contributed by atoms with E-state index in [1.165, 1.54) is 38.5 Å². The van der Waals surface area contributed by atoms with Gasteiger partial charge in [0.15, 0.2) is 0 Å². The van der Waals surface area contributed by atoms with Gasteiger partial charge in [-0.2, -0.15) is 0 Å². The molecule has 0 aromatic heterocycles. The maximum absolute atomic E-state index is 10.7. The number of hydrogen-bond donors (Lipinski definition) is 2. The molecule has 0 atom stereocenters. The van der Waals surface area contributed by atoms with Crippen LogP contribution in [-0.4, -0.2) is 23.3 Å². The molecular weight excluding hydrogens is 222 g/mol. The van der Waals surface area contributed by atoms with Crippen LogP contribution >= 0.6 is 0 Å². The fourth-order valence-corrected chi connectivity index (χ4v) is 3.51. The Kier molecular flexibility index (Phi) is 3.22. The van der Waals surface area contributed by atoms with Gasteiger partial charge in [-0.25, -0.2) is 0 Å². The molecule has 0 aromatic rings. The Labute approximate surface area is 112 Å². The minimum Gasteiger partial charge on any atom is -0.389 e. The molecular formula is C16H29NO. The van der Waals surface area contributed by atoms with E-state index in [9.17, 15) is 5.11 Å². The van der Waals surface area contributed by atoms with Crippen molar-refractivity contribution < 1.29 is 5.11 Å². The second-order valence-electron chi connectivity index (χ2n) is 7.97. The van der Waals surface area contributed by atoms with Crippen molar-refractivity contribution in [3.8, 4) is 0 Å². The van der Waals surface area contributed by atoms with Gasteiger partial charge < -0.3 is 10.4 Å². The van der Waals surface area contributed by atoms with Crippen molar-refractivity contribution in [2.45, 2.75) is 76.9 Å². The summed E-state index contributed by atoms with van der Waals surface area (Å²) in [6.07, 6.45) is 9.97. The molecule has 2 heteroatoms. The molecule has 3 aliphatic carbocycles. The zero-order valence-corrected chi connectivity index (χ0v) is 12.0. The van der Waals surface area contributed by atoms with Gasteiger partial charge in [-0.1, -0.05) is 13.8 Å². The lowest BCUT2D eigenvalue weighted by Crippen LogP contribution is -2.48. The van der Waals surface area contributed by atoms with E-state index in [-0.39, 0.29) is 0 Å². The third kappa shape index (κ3) is 3.08. The summed E-state index contributed by atoms with van der Waals surface area (Å²) in [6, 6.07) is 0.726. The standard InChI is InChI=1S/C16H29NO/c1-15(2)7-9-16(18,10-8-15)11-17-14(12-3-4-12)13-5-6-13/h12-14,17-18H,3-11H2,1-2H3. The Balaban J connectivity index is 1.49. The summed E-state index contributed by atoms with van der Waals surface area (Å²) in [5, 5.41) is 14.4. The van der Waals surface area contributed by atoms with Crippen molar-refractivity contribution >= 4 is 0 Å². The van der Waals surface area contributed by atoms with Crippen molar-refractivity contribution in [2.24, 2.45) is 17.3 Å². The molecule has 2 nitrogen and oxygen atoms in total. The first-order chi connectivity index (χ1) is 8.48. The van der Waals surface area contributed by atoms with E-state index >= 15 is 0 Å². The molecule has 3 aliphatic rings. The third-order valence-electron chi connectivity index (χ3n) is 5.46. The Bertz CT molecular complexity index is 282. The monoisotopic (exact) mass is 251 g/mol. The lowest BCUT2D eigenvalue weighted by atomic mass is 9.71. The summed E-state index contributed by atoms with van der Waals surface area (Å²) in [6.45, 7) is 5.50. The normalized spacial score (nSPS) is 30.7. The molecule has 0 aromatic carbocycles. The number of nitrogens with one attached hydrogen (secondary N) is 1. The largest absolute Gasteiger partial charge is 0.389 e. The molecule has 18 heavy (non-hydrogen) atoms. The van der Waals surface area contributed by atoms with Gasteiger partial charge in [0, 0.05) is 12.6 Å². The Morgan fingerprint density at radius 2 is 1.50 bits per heavy atom. The fourth-order valence-electron chi connectivity index (χ4n) is 3.51. The van der Waals surface area contributed by atoms with Crippen molar-refractivity contribution in [2.75, 3.05) is 6.54 Å². The summed E-state index contributed by atoms with van der Waals surface area (Å²) in [4.78, 5) is 0. The number of rotatable bonds is 5. The molecule has 3 fully saturated rings. The van der Waals surface area contributed by atoms with E-state index in [0.717, 1.165) is 37.3 Å². The molecule has 3 rings (SSSR count). The molecule has 0 unspecified atom stereocenters. The minimum absolute atomic E-state index is 0.419. The Morgan fingerprint density at radius 1 is 1.00 bits per heavy atom. The van der Waals surface area contributed by atoms with Crippen LogP contribution in [0.15, 0.2) is 0 Å². The summed E-state index contributed by atoms with van der Waals surface area (Å²) in [7, 11) is 0. The van der Waals surface area contributed by atoms with Gasteiger partial charge in [-0.15, -0.1) is 0 Å². The highest BCUT2D eigenvalue weighted by atomic mass is 16.3. The highest BCUT2D eigenvalue weighted by Crippen LogP contribution is 2.45. The first-order valence-electron chi connectivity index (χ1n) is 7.93. The van der Waals surface area contributed by atoms with E-state index in [1.54, 1.807) is 0 Å². The molecule has 0 heterocycles. The lowest BCUT2D eigenvalue weighted by molar-refractivity contribution is -0.0269. The quantitative estimate of drug-likeness (QED) is 0.787. The van der Waals surface area contributed by atoms with Gasteiger partial charge >= 0.3 is 0 Å². The van der Waals surface area contributed by atoms with Crippen LogP contribution < -0.4 is 5.32 Å². The molecule has 0 radical (unpaired) electrons. The lowest BCUT2D eigenvalue weighted by Gasteiger charge is -2.41. The van der Waals surface area contributed by atoms with E-state index in [0.29, 0.717) is 5.41 Å². The first-order valence-corrected chi connectivity index (χ1v) is 7.93. The summed E-state index contributed by atoms with van der Waals surface area (Å²) in [5.74, 6) is 1.86. The van der Waals surface area contributed by atoms with Gasteiger partial charge in [-0.05, 0) is 68.6 Å². The van der Waals surface area contributed by atoms with Crippen molar-refractivity contribution in [3.05, 3.63) is 0 Å². The smallest absolute Gasteiger partial charge is 0.0772 e. The maximum Gasteiger partial charge on any atom is 0.0772 e. The maximum atomic E-state index is 10.7. The fraction of sp³-hybridized carbons (Fsp3) is 1.00. The van der Waals surface area contributed by atoms with Gasteiger partial charge in [0.2, 0.25) is 0 Å². The average molecular weight is 251 g/mol. The molecule has 0 saturated heterocycles. The van der Waals surface area contributed by atoms with Gasteiger partial charge in [0.25, 0.3) is 0 Å². The molecule has 0 aliphatic heterocycles. The average Bonchev–Trinajstić information content (AvgIpc) is 3.15. The number of hydrogen-bond acceptors (Lipinski definition) is 2. The van der Waals surface area contributed by atoms with Gasteiger partial charge in [0.05, 0.1) is 5.60 Å². The van der Waals surface area contributed by atoms with E-state index in [4.69, 9.17) is 0 Å². The first kappa shape index (κ1) is 12.9. The highest BCUT2D eigenvalue weighted by Gasteiger charge is 2.43. The van der Waals surface area contributed by atoms with Gasteiger partial charge in [0.1, 0.15) is 0 Å². The molecule has 0 spiro atoms. The third-order valence-corrected chi connectivity index (χ3v) is 5.46. The molecule has 0 bridgehead atoms. The van der Waals surface area contributed by atoms with Crippen molar-refractivity contribution in [1.82, 2.24) is 5.32 Å². The van der Waals surface area contributed by atoms with Crippen LogP contribution in [-0.2, 0) is 0 Å². The van der Waals surface area contributed by atoms with Crippen LogP contribution in [0.4, 0.5) is 0 Å². The van der Waals surface area contributed by atoms with Crippen LogP contribution in [0.3, 0.4) is 0 Å². The van der Waals surface area contributed by atoms with Crippen LogP contribution in [0.1, 0.15) is 65.2 Å². The zero-order chi connectivity index (χ0) is 12.8. The summed E-state index contributed by atoms with van der Waals surface area (Å²) >= 11 is 0. The van der Waals surface area contributed by atoms with Crippen molar-refractivity contribution in [3.63, 3.8) is 0 Å². The van der Waals surface area contributed by atoms with E-state index in [1.807, 2.05) is 0 Å². The van der Waals surface area contributed by atoms with E-state index < -0.39 is 5.60 Å². The summed E-state index contributed by atoms with van der Waals surface area (Å²) in [5.41, 5.74) is 0.0240. The van der Waals surface area contributed by atoms with Crippen LogP contribution in [0.2, 0.25) is 0 Å². The second kappa shape index (κ2) is 4.49. The van der Waals surface area contributed by atoms with Gasteiger partial charge in [-0.3, -0.25) is 0 Å². The van der Waals surface area contributed by atoms with Crippen molar-refractivity contribution in [1.29, 1.82) is 0 Å². The Hall–Kier alpha value is -0.0800. The highest BCUT2D eigenvalue weighted by molar-refractivity contribution is 4.98. The van der Waals surface area contributed by atoms with Crippen LogP contribution in [0.25, 0.3) is 0 Å². The predicted molar refractivity (Wildman–Crippen MR) is 74.4 cm³/mol.